The molecule has 0 aromatic heterocycles. The van der Waals surface area contributed by atoms with Crippen LogP contribution in [0.1, 0.15) is 10.4 Å². The van der Waals surface area contributed by atoms with Crippen molar-refractivity contribution in [1.82, 2.24) is 0 Å². The van der Waals surface area contributed by atoms with Crippen LogP contribution in [0, 0.1) is 0 Å². The Morgan fingerprint density at radius 1 is 1.00 bits per heavy atom. The highest BCUT2D eigenvalue weighted by molar-refractivity contribution is 6.08. The highest BCUT2D eigenvalue weighted by Crippen LogP contribution is 2.17. The summed E-state index contributed by atoms with van der Waals surface area (Å²) in [5.41, 5.74) is 13.4. The van der Waals surface area contributed by atoms with E-state index in [0.29, 0.717) is 16.9 Å². The number of hydrogen-bond donors (Lipinski definition) is 3. The zero-order valence-electron chi connectivity index (χ0n) is 9.18. The summed E-state index contributed by atoms with van der Waals surface area (Å²) in [5, 5.41) is 2.76. The van der Waals surface area contributed by atoms with Gasteiger partial charge in [0.2, 0.25) is 0 Å². The van der Waals surface area contributed by atoms with Gasteiger partial charge in [0, 0.05) is 17.1 Å². The lowest BCUT2D eigenvalue weighted by Gasteiger charge is -2.07. The van der Waals surface area contributed by atoms with Crippen molar-refractivity contribution in [2.24, 2.45) is 0 Å². The number of para-hydroxylation sites is 1. The first kappa shape index (κ1) is 11.0. The van der Waals surface area contributed by atoms with Crippen LogP contribution in [0.15, 0.2) is 48.5 Å². The lowest BCUT2D eigenvalue weighted by atomic mass is 10.1. The SMILES string of the molecule is Nc1ccc(C(=O)Nc2ccccc2)c(N)c1. The number of nitrogen functional groups attached to an aromatic ring is 2. The molecule has 1 amide bonds. The normalized spacial score (nSPS) is 9.88. The number of amides is 1. The van der Waals surface area contributed by atoms with Crippen LogP contribution in [-0.2, 0) is 0 Å². The van der Waals surface area contributed by atoms with Crippen LogP contribution in [0.25, 0.3) is 0 Å². The van der Waals surface area contributed by atoms with E-state index in [1.165, 1.54) is 0 Å². The number of hydrogen-bond acceptors (Lipinski definition) is 3. The first-order chi connectivity index (χ1) is 8.16. The van der Waals surface area contributed by atoms with Gasteiger partial charge in [0.25, 0.3) is 5.91 Å². The van der Waals surface area contributed by atoms with Gasteiger partial charge in [0.1, 0.15) is 0 Å². The summed E-state index contributed by atoms with van der Waals surface area (Å²) in [7, 11) is 0. The van der Waals surface area contributed by atoms with Gasteiger partial charge in [-0.1, -0.05) is 18.2 Å². The van der Waals surface area contributed by atoms with Gasteiger partial charge in [-0.3, -0.25) is 4.79 Å². The Hall–Kier alpha value is -2.49. The minimum absolute atomic E-state index is 0.242. The molecule has 4 heteroatoms. The predicted octanol–water partition coefficient (Wildman–Crippen LogP) is 2.10. The molecule has 0 saturated carbocycles. The Labute approximate surface area is 99.2 Å². The first-order valence-electron chi connectivity index (χ1n) is 5.18. The summed E-state index contributed by atoms with van der Waals surface area (Å²) in [6.07, 6.45) is 0. The Kier molecular flexibility index (Phi) is 2.96. The number of benzene rings is 2. The minimum atomic E-state index is -0.242. The van der Waals surface area contributed by atoms with Gasteiger partial charge in [-0.2, -0.15) is 0 Å². The molecule has 0 radical (unpaired) electrons. The van der Waals surface area contributed by atoms with Crippen molar-refractivity contribution < 1.29 is 4.79 Å². The maximum Gasteiger partial charge on any atom is 0.257 e. The second-order valence-corrected chi connectivity index (χ2v) is 3.67. The van der Waals surface area contributed by atoms with E-state index in [-0.39, 0.29) is 5.91 Å². The van der Waals surface area contributed by atoms with Gasteiger partial charge in [-0.05, 0) is 30.3 Å². The molecule has 86 valence electrons. The third kappa shape index (κ3) is 2.55. The van der Waals surface area contributed by atoms with Gasteiger partial charge < -0.3 is 16.8 Å². The maximum absolute atomic E-state index is 11.9. The number of nitrogens with one attached hydrogen (secondary N) is 1. The minimum Gasteiger partial charge on any atom is -0.399 e. The molecular formula is C13H13N3O. The Morgan fingerprint density at radius 2 is 1.71 bits per heavy atom. The fourth-order valence-corrected chi connectivity index (χ4v) is 1.51. The van der Waals surface area contributed by atoms with E-state index in [2.05, 4.69) is 5.32 Å². The van der Waals surface area contributed by atoms with Crippen LogP contribution >= 0.6 is 0 Å². The Bertz CT molecular complexity index is 538. The fraction of sp³-hybridized carbons (Fsp3) is 0. The molecule has 0 aliphatic heterocycles. The van der Waals surface area contributed by atoms with Crippen molar-refractivity contribution in [3.05, 3.63) is 54.1 Å². The monoisotopic (exact) mass is 227 g/mol. The van der Waals surface area contributed by atoms with Crippen LogP contribution in [0.3, 0.4) is 0 Å². The van der Waals surface area contributed by atoms with Crippen molar-refractivity contribution in [3.8, 4) is 0 Å². The average Bonchev–Trinajstić information content (AvgIpc) is 2.30. The lowest BCUT2D eigenvalue weighted by molar-refractivity contribution is 0.102. The quantitative estimate of drug-likeness (QED) is 0.687. The third-order valence-corrected chi connectivity index (χ3v) is 2.35. The van der Waals surface area contributed by atoms with E-state index >= 15 is 0 Å². The predicted molar refractivity (Wildman–Crippen MR) is 69.7 cm³/mol. The van der Waals surface area contributed by atoms with Gasteiger partial charge >= 0.3 is 0 Å². The molecule has 17 heavy (non-hydrogen) atoms. The van der Waals surface area contributed by atoms with Crippen molar-refractivity contribution in [2.75, 3.05) is 16.8 Å². The lowest BCUT2D eigenvalue weighted by Crippen LogP contribution is -2.14. The van der Waals surface area contributed by atoms with Crippen LogP contribution < -0.4 is 16.8 Å². The Morgan fingerprint density at radius 3 is 2.35 bits per heavy atom. The first-order valence-corrected chi connectivity index (χ1v) is 5.18. The molecule has 2 aromatic carbocycles. The van der Waals surface area contributed by atoms with Crippen molar-refractivity contribution in [1.29, 1.82) is 0 Å². The van der Waals surface area contributed by atoms with Crippen LogP contribution in [0.2, 0.25) is 0 Å². The molecule has 0 aliphatic rings. The molecule has 0 bridgehead atoms. The summed E-state index contributed by atoms with van der Waals surface area (Å²) in [6.45, 7) is 0. The van der Waals surface area contributed by atoms with E-state index in [4.69, 9.17) is 11.5 Å². The molecule has 0 spiro atoms. The molecule has 0 unspecified atom stereocenters. The standard InChI is InChI=1S/C13H13N3O/c14-9-6-7-11(12(15)8-9)13(17)16-10-4-2-1-3-5-10/h1-8H,14-15H2,(H,16,17). The molecular weight excluding hydrogens is 214 g/mol. The number of carbonyl (C=O) groups is 1. The number of carbonyl (C=O) groups excluding carboxylic acids is 1. The van der Waals surface area contributed by atoms with E-state index in [9.17, 15) is 4.79 Å². The zero-order chi connectivity index (χ0) is 12.3. The molecule has 0 aliphatic carbocycles. The van der Waals surface area contributed by atoms with E-state index in [1.807, 2.05) is 30.3 Å². The molecule has 0 saturated heterocycles. The maximum atomic E-state index is 11.9. The summed E-state index contributed by atoms with van der Waals surface area (Å²) < 4.78 is 0. The largest absolute Gasteiger partial charge is 0.399 e. The molecule has 0 fully saturated rings. The highest BCUT2D eigenvalue weighted by atomic mass is 16.1. The molecule has 2 aromatic rings. The summed E-state index contributed by atoms with van der Waals surface area (Å²) in [6, 6.07) is 14.0. The van der Waals surface area contributed by atoms with Crippen molar-refractivity contribution >= 4 is 23.0 Å². The van der Waals surface area contributed by atoms with E-state index in [1.54, 1.807) is 18.2 Å². The van der Waals surface area contributed by atoms with Crippen LogP contribution in [-0.4, -0.2) is 5.91 Å². The topological polar surface area (TPSA) is 81.1 Å². The summed E-state index contributed by atoms with van der Waals surface area (Å²) in [4.78, 5) is 11.9. The van der Waals surface area contributed by atoms with Crippen molar-refractivity contribution in [3.63, 3.8) is 0 Å². The average molecular weight is 227 g/mol. The van der Waals surface area contributed by atoms with Gasteiger partial charge in [-0.25, -0.2) is 0 Å². The van der Waals surface area contributed by atoms with Crippen molar-refractivity contribution in [2.45, 2.75) is 0 Å². The third-order valence-electron chi connectivity index (χ3n) is 2.35. The molecule has 0 heterocycles. The van der Waals surface area contributed by atoms with Gasteiger partial charge in [-0.15, -0.1) is 0 Å². The van der Waals surface area contributed by atoms with E-state index in [0.717, 1.165) is 5.69 Å². The van der Waals surface area contributed by atoms with Gasteiger partial charge in [0.15, 0.2) is 0 Å². The second-order valence-electron chi connectivity index (χ2n) is 3.67. The summed E-state index contributed by atoms with van der Waals surface area (Å²) >= 11 is 0. The van der Waals surface area contributed by atoms with Crippen LogP contribution in [0.5, 0.6) is 0 Å². The fourth-order valence-electron chi connectivity index (χ4n) is 1.51. The number of nitrogens with two attached hydrogens (primary N) is 2. The second kappa shape index (κ2) is 4.57. The van der Waals surface area contributed by atoms with E-state index < -0.39 is 0 Å². The highest BCUT2D eigenvalue weighted by Gasteiger charge is 2.09. The van der Waals surface area contributed by atoms with Gasteiger partial charge in [0.05, 0.1) is 5.56 Å². The Balaban J connectivity index is 2.21. The number of anilines is 3. The molecule has 5 N–H and O–H groups in total. The van der Waals surface area contributed by atoms with Crippen LogP contribution in [0.4, 0.5) is 17.1 Å². The summed E-state index contributed by atoms with van der Waals surface area (Å²) in [5.74, 6) is -0.242. The molecule has 2 rings (SSSR count). The smallest absolute Gasteiger partial charge is 0.257 e. The number of rotatable bonds is 2. The molecule has 0 atom stereocenters. The zero-order valence-corrected chi connectivity index (χ0v) is 9.18. The molecule has 4 nitrogen and oxygen atoms in total.